The zero-order valence-electron chi connectivity index (χ0n) is 17.4. The number of ether oxygens (including phenoxy) is 1. The zero-order valence-corrected chi connectivity index (χ0v) is 18.9. The lowest BCUT2D eigenvalue weighted by Crippen LogP contribution is -2.50. The van der Waals surface area contributed by atoms with Gasteiger partial charge in [-0.3, -0.25) is 19.2 Å². The second-order valence-electron chi connectivity index (χ2n) is 6.81. The van der Waals surface area contributed by atoms with E-state index in [0.717, 1.165) is 22.2 Å². The Labute approximate surface area is 186 Å². The standard InChI is InChI=1S/C20H24ClN3O6S/c1-4-19(20(25)22-10-11-30-17-9-8-14(2)18(21)13-17)23(31(3,28)29)15-6-5-7-16(12-15)24(26)27/h5-9,12-13,19H,4,10-11H2,1-3H3,(H,22,25). The maximum absolute atomic E-state index is 12.7. The van der Waals surface area contributed by atoms with E-state index in [9.17, 15) is 23.3 Å². The Kier molecular flexibility index (Phi) is 8.23. The quantitative estimate of drug-likeness (QED) is 0.324. The van der Waals surface area contributed by atoms with Gasteiger partial charge < -0.3 is 10.1 Å². The summed E-state index contributed by atoms with van der Waals surface area (Å²) < 4.78 is 31.3. The lowest BCUT2D eigenvalue weighted by molar-refractivity contribution is -0.384. The van der Waals surface area contributed by atoms with Crippen LogP contribution >= 0.6 is 11.6 Å². The predicted octanol–water partition coefficient (Wildman–Crippen LogP) is 3.30. The van der Waals surface area contributed by atoms with Gasteiger partial charge >= 0.3 is 0 Å². The molecule has 11 heteroatoms. The predicted molar refractivity (Wildman–Crippen MR) is 119 cm³/mol. The van der Waals surface area contributed by atoms with Gasteiger partial charge in [-0.2, -0.15) is 0 Å². The third kappa shape index (κ3) is 6.56. The van der Waals surface area contributed by atoms with Crippen molar-refractivity contribution in [3.63, 3.8) is 0 Å². The maximum Gasteiger partial charge on any atom is 0.271 e. The van der Waals surface area contributed by atoms with Crippen molar-refractivity contribution in [2.75, 3.05) is 23.7 Å². The van der Waals surface area contributed by atoms with Gasteiger partial charge in [0.15, 0.2) is 0 Å². The Morgan fingerprint density at radius 2 is 2.00 bits per heavy atom. The number of carbonyl (C=O) groups is 1. The van der Waals surface area contributed by atoms with Crippen LogP contribution in [0.5, 0.6) is 5.75 Å². The van der Waals surface area contributed by atoms with Crippen LogP contribution in [0.15, 0.2) is 42.5 Å². The van der Waals surface area contributed by atoms with Crippen molar-refractivity contribution >= 4 is 38.9 Å². The van der Waals surface area contributed by atoms with Crippen LogP contribution in [0.1, 0.15) is 18.9 Å². The molecule has 0 radical (unpaired) electrons. The van der Waals surface area contributed by atoms with E-state index >= 15 is 0 Å². The summed E-state index contributed by atoms with van der Waals surface area (Å²) in [5.74, 6) is 0.0104. The molecule has 0 aliphatic rings. The molecule has 0 aromatic heterocycles. The highest BCUT2D eigenvalue weighted by atomic mass is 35.5. The lowest BCUT2D eigenvalue weighted by atomic mass is 10.2. The number of non-ortho nitro benzene ring substituents is 1. The normalized spacial score (nSPS) is 12.1. The summed E-state index contributed by atoms with van der Waals surface area (Å²) in [4.78, 5) is 23.2. The van der Waals surface area contributed by atoms with E-state index in [2.05, 4.69) is 5.32 Å². The molecule has 2 rings (SSSR count). The Bertz CT molecular complexity index is 1060. The monoisotopic (exact) mass is 469 g/mol. The third-order valence-electron chi connectivity index (χ3n) is 4.44. The highest BCUT2D eigenvalue weighted by molar-refractivity contribution is 7.92. The number of halogens is 1. The van der Waals surface area contributed by atoms with Crippen LogP contribution < -0.4 is 14.4 Å². The number of rotatable bonds is 10. The summed E-state index contributed by atoms with van der Waals surface area (Å²) in [6.45, 7) is 3.81. The molecule has 0 saturated heterocycles. The lowest BCUT2D eigenvalue weighted by Gasteiger charge is -2.30. The first-order valence-corrected chi connectivity index (χ1v) is 11.7. The minimum absolute atomic E-state index is 0.0456. The molecule has 0 fully saturated rings. The smallest absolute Gasteiger partial charge is 0.271 e. The number of anilines is 1. The number of benzene rings is 2. The van der Waals surface area contributed by atoms with E-state index in [1.807, 2.05) is 13.0 Å². The van der Waals surface area contributed by atoms with Gasteiger partial charge in [0.1, 0.15) is 18.4 Å². The molecule has 2 aromatic rings. The van der Waals surface area contributed by atoms with Gasteiger partial charge in [0.25, 0.3) is 5.69 Å². The highest BCUT2D eigenvalue weighted by Crippen LogP contribution is 2.26. The van der Waals surface area contributed by atoms with Crippen molar-refractivity contribution in [1.29, 1.82) is 0 Å². The molecule has 1 amide bonds. The Morgan fingerprint density at radius 3 is 2.58 bits per heavy atom. The van der Waals surface area contributed by atoms with E-state index < -0.39 is 26.9 Å². The maximum atomic E-state index is 12.7. The van der Waals surface area contributed by atoms with Crippen LogP contribution in [-0.2, 0) is 14.8 Å². The first-order valence-electron chi connectivity index (χ1n) is 9.45. The van der Waals surface area contributed by atoms with Crippen LogP contribution in [0, 0.1) is 17.0 Å². The number of carbonyl (C=O) groups excluding carboxylic acids is 1. The number of amides is 1. The van der Waals surface area contributed by atoms with E-state index in [1.165, 1.54) is 18.2 Å². The molecule has 1 N–H and O–H groups in total. The molecule has 0 aliphatic heterocycles. The topological polar surface area (TPSA) is 119 Å². The van der Waals surface area contributed by atoms with Gasteiger partial charge in [-0.15, -0.1) is 0 Å². The number of sulfonamides is 1. The van der Waals surface area contributed by atoms with Crippen molar-refractivity contribution in [3.05, 3.63) is 63.2 Å². The summed E-state index contributed by atoms with van der Waals surface area (Å²) >= 11 is 6.05. The first kappa shape index (κ1) is 24.4. The van der Waals surface area contributed by atoms with Gasteiger partial charge in [-0.25, -0.2) is 8.42 Å². The van der Waals surface area contributed by atoms with Crippen LogP contribution in [0.3, 0.4) is 0 Å². The third-order valence-corrected chi connectivity index (χ3v) is 6.03. The van der Waals surface area contributed by atoms with Crippen LogP contribution in [0.4, 0.5) is 11.4 Å². The molecule has 2 aromatic carbocycles. The fraction of sp³-hybridized carbons (Fsp3) is 0.350. The summed E-state index contributed by atoms with van der Waals surface area (Å²) in [6.07, 6.45) is 1.11. The first-order chi connectivity index (χ1) is 14.5. The van der Waals surface area contributed by atoms with Crippen molar-refractivity contribution in [2.24, 2.45) is 0 Å². The van der Waals surface area contributed by atoms with Crippen LogP contribution in [0.25, 0.3) is 0 Å². The second-order valence-corrected chi connectivity index (χ2v) is 9.08. The number of nitro benzene ring substituents is 1. The molecule has 0 heterocycles. The molecule has 31 heavy (non-hydrogen) atoms. The summed E-state index contributed by atoms with van der Waals surface area (Å²) in [5.41, 5.74) is 0.686. The van der Waals surface area contributed by atoms with Crippen molar-refractivity contribution < 1.29 is 22.9 Å². The molecular weight excluding hydrogens is 446 g/mol. The molecule has 0 spiro atoms. The Hall–Kier alpha value is -2.85. The largest absolute Gasteiger partial charge is 0.492 e. The zero-order chi connectivity index (χ0) is 23.2. The van der Waals surface area contributed by atoms with Crippen molar-refractivity contribution in [1.82, 2.24) is 5.32 Å². The van der Waals surface area contributed by atoms with Crippen molar-refractivity contribution in [2.45, 2.75) is 26.3 Å². The molecule has 1 atom stereocenters. The molecular formula is C20H24ClN3O6S. The van der Waals surface area contributed by atoms with Gasteiger partial charge in [-0.05, 0) is 37.1 Å². The average molecular weight is 470 g/mol. The van der Waals surface area contributed by atoms with E-state index in [-0.39, 0.29) is 30.9 Å². The van der Waals surface area contributed by atoms with E-state index in [4.69, 9.17) is 16.3 Å². The summed E-state index contributed by atoms with van der Waals surface area (Å²) in [6, 6.07) is 9.32. The van der Waals surface area contributed by atoms with Crippen LogP contribution in [-0.4, -0.2) is 44.7 Å². The Morgan fingerprint density at radius 1 is 1.29 bits per heavy atom. The number of nitro groups is 1. The number of hydrogen-bond donors (Lipinski definition) is 1. The summed E-state index contributed by atoms with van der Waals surface area (Å²) in [5, 5.41) is 14.3. The average Bonchev–Trinajstić information content (AvgIpc) is 2.70. The molecule has 0 bridgehead atoms. The second kappa shape index (κ2) is 10.5. The number of hydrogen-bond acceptors (Lipinski definition) is 6. The minimum Gasteiger partial charge on any atom is -0.492 e. The van der Waals surface area contributed by atoms with Gasteiger partial charge in [0.05, 0.1) is 23.4 Å². The van der Waals surface area contributed by atoms with Crippen molar-refractivity contribution in [3.8, 4) is 5.75 Å². The Balaban J connectivity index is 2.10. The number of nitrogens with zero attached hydrogens (tertiary/aromatic N) is 2. The molecule has 0 saturated carbocycles. The van der Waals surface area contributed by atoms with Gasteiger partial charge in [0, 0.05) is 17.2 Å². The molecule has 0 aliphatic carbocycles. The molecule has 9 nitrogen and oxygen atoms in total. The molecule has 1 unspecified atom stereocenters. The fourth-order valence-corrected chi connectivity index (χ4v) is 4.30. The molecule has 168 valence electrons. The minimum atomic E-state index is -3.90. The number of aryl methyl sites for hydroxylation is 1. The van der Waals surface area contributed by atoms with Crippen LogP contribution in [0.2, 0.25) is 5.02 Å². The van der Waals surface area contributed by atoms with E-state index in [0.29, 0.717) is 10.8 Å². The van der Waals surface area contributed by atoms with E-state index in [1.54, 1.807) is 19.1 Å². The fourth-order valence-electron chi connectivity index (χ4n) is 2.93. The number of nitrogens with one attached hydrogen (secondary N) is 1. The SMILES string of the molecule is CCC(C(=O)NCCOc1ccc(C)c(Cl)c1)N(c1cccc([N+](=O)[O-])c1)S(C)(=O)=O. The highest BCUT2D eigenvalue weighted by Gasteiger charge is 2.32. The van der Waals surface area contributed by atoms with Gasteiger partial charge in [-0.1, -0.05) is 30.7 Å². The van der Waals surface area contributed by atoms with Gasteiger partial charge in [0.2, 0.25) is 15.9 Å². The summed E-state index contributed by atoms with van der Waals surface area (Å²) in [7, 11) is -3.90.